The van der Waals surface area contributed by atoms with Gasteiger partial charge in [0.15, 0.2) is 0 Å². The second-order valence-corrected chi connectivity index (χ2v) is 2.85. The van der Waals surface area contributed by atoms with Crippen molar-refractivity contribution in [3.63, 3.8) is 0 Å². The topological polar surface area (TPSA) is 71.0 Å². The third-order valence-electron chi connectivity index (χ3n) is 1.55. The van der Waals surface area contributed by atoms with Crippen LogP contribution in [0.1, 0.15) is 6.92 Å². The zero-order valence-electron chi connectivity index (χ0n) is 8.74. The molecule has 0 aliphatic rings. The normalized spacial score (nSPS) is 13.1. The summed E-state index contributed by atoms with van der Waals surface area (Å²) < 4.78 is 10.2. The van der Waals surface area contributed by atoms with Crippen LogP contribution in [0.15, 0.2) is 0 Å². The zero-order valence-corrected chi connectivity index (χ0v) is 8.74. The van der Waals surface area contributed by atoms with E-state index in [4.69, 9.17) is 14.6 Å². The Bertz CT molecular complexity index is 113. The number of ether oxygens (including phenoxy) is 2. The molecule has 0 amide bonds. The van der Waals surface area contributed by atoms with Gasteiger partial charge in [-0.25, -0.2) is 0 Å². The third kappa shape index (κ3) is 9.88. The van der Waals surface area contributed by atoms with Crippen molar-refractivity contribution in [2.24, 2.45) is 0 Å². The highest BCUT2D eigenvalue weighted by atomic mass is 16.5. The fourth-order valence-corrected chi connectivity index (χ4v) is 0.888. The summed E-state index contributed by atoms with van der Waals surface area (Å²) in [5, 5.41) is 20.7. The molecular formula is C9H21NO4. The molecule has 5 heteroatoms. The lowest BCUT2D eigenvalue weighted by atomic mass is 10.4. The highest BCUT2D eigenvalue weighted by Gasteiger charge is 2.02. The molecule has 0 heterocycles. The number of aliphatic hydroxyl groups excluding tert-OH is 2. The Balaban J connectivity index is 3.06. The lowest BCUT2D eigenvalue weighted by Gasteiger charge is -2.11. The van der Waals surface area contributed by atoms with Gasteiger partial charge in [0.2, 0.25) is 0 Å². The summed E-state index contributed by atoms with van der Waals surface area (Å²) in [7, 11) is 0. The third-order valence-corrected chi connectivity index (χ3v) is 1.55. The summed E-state index contributed by atoms with van der Waals surface area (Å²) in [6.45, 7) is 4.99. The van der Waals surface area contributed by atoms with Gasteiger partial charge in [0.1, 0.15) is 0 Å². The van der Waals surface area contributed by atoms with E-state index in [9.17, 15) is 5.11 Å². The number of rotatable bonds is 10. The molecule has 0 aliphatic carbocycles. The van der Waals surface area contributed by atoms with Crippen molar-refractivity contribution < 1.29 is 19.7 Å². The van der Waals surface area contributed by atoms with Crippen molar-refractivity contribution in [3.05, 3.63) is 0 Å². The molecule has 14 heavy (non-hydrogen) atoms. The first kappa shape index (κ1) is 13.8. The molecule has 0 aromatic rings. The van der Waals surface area contributed by atoms with Crippen LogP contribution in [0.5, 0.6) is 0 Å². The molecular weight excluding hydrogens is 186 g/mol. The molecule has 0 aliphatic heterocycles. The average Bonchev–Trinajstić information content (AvgIpc) is 2.18. The van der Waals surface area contributed by atoms with Crippen molar-refractivity contribution in [1.29, 1.82) is 0 Å². The maximum atomic E-state index is 9.32. The predicted molar refractivity (Wildman–Crippen MR) is 53.3 cm³/mol. The van der Waals surface area contributed by atoms with Crippen LogP contribution in [-0.4, -0.2) is 62.4 Å². The standard InChI is InChI=1S/C9H21NO4/c1-2-13-5-6-14-8-9(12)7-10-3-4-11/h9-12H,2-8H2,1H3. The van der Waals surface area contributed by atoms with Crippen LogP contribution in [-0.2, 0) is 9.47 Å². The predicted octanol–water partition coefficient (Wildman–Crippen LogP) is -1.02. The van der Waals surface area contributed by atoms with Gasteiger partial charge in [-0.1, -0.05) is 0 Å². The molecule has 5 nitrogen and oxygen atoms in total. The van der Waals surface area contributed by atoms with Crippen molar-refractivity contribution >= 4 is 0 Å². The Kier molecular flexibility index (Phi) is 10.7. The summed E-state index contributed by atoms with van der Waals surface area (Å²) in [6, 6.07) is 0. The molecule has 86 valence electrons. The Hall–Kier alpha value is -0.200. The molecule has 0 fully saturated rings. The number of aliphatic hydroxyl groups is 2. The second-order valence-electron chi connectivity index (χ2n) is 2.85. The van der Waals surface area contributed by atoms with E-state index >= 15 is 0 Å². The van der Waals surface area contributed by atoms with Crippen LogP contribution >= 0.6 is 0 Å². The fraction of sp³-hybridized carbons (Fsp3) is 1.00. The van der Waals surface area contributed by atoms with Crippen LogP contribution in [0.4, 0.5) is 0 Å². The van der Waals surface area contributed by atoms with Crippen LogP contribution in [0.2, 0.25) is 0 Å². The summed E-state index contributed by atoms with van der Waals surface area (Å²) in [5.74, 6) is 0. The maximum absolute atomic E-state index is 9.32. The van der Waals surface area contributed by atoms with Crippen LogP contribution in [0.3, 0.4) is 0 Å². The summed E-state index contributed by atoms with van der Waals surface area (Å²) in [6.07, 6.45) is -0.525. The van der Waals surface area contributed by atoms with Gasteiger partial charge in [0.25, 0.3) is 0 Å². The van der Waals surface area contributed by atoms with E-state index in [1.54, 1.807) is 0 Å². The van der Waals surface area contributed by atoms with E-state index in [0.717, 1.165) is 0 Å². The highest BCUT2D eigenvalue weighted by molar-refractivity contribution is 4.57. The van der Waals surface area contributed by atoms with E-state index < -0.39 is 6.10 Å². The van der Waals surface area contributed by atoms with Crippen molar-refractivity contribution in [2.75, 3.05) is 46.1 Å². The molecule has 0 rings (SSSR count). The first-order valence-electron chi connectivity index (χ1n) is 4.96. The Morgan fingerprint density at radius 1 is 1.29 bits per heavy atom. The van der Waals surface area contributed by atoms with Gasteiger partial charge in [-0.15, -0.1) is 0 Å². The molecule has 0 saturated heterocycles. The Morgan fingerprint density at radius 2 is 2.00 bits per heavy atom. The maximum Gasteiger partial charge on any atom is 0.0897 e. The van der Waals surface area contributed by atoms with Gasteiger partial charge < -0.3 is 25.0 Å². The smallest absolute Gasteiger partial charge is 0.0897 e. The minimum absolute atomic E-state index is 0.0813. The van der Waals surface area contributed by atoms with Crippen molar-refractivity contribution in [2.45, 2.75) is 13.0 Å². The lowest BCUT2D eigenvalue weighted by Crippen LogP contribution is -2.32. The minimum Gasteiger partial charge on any atom is -0.395 e. The zero-order chi connectivity index (χ0) is 10.6. The molecule has 3 N–H and O–H groups in total. The van der Waals surface area contributed by atoms with E-state index in [2.05, 4.69) is 5.32 Å². The van der Waals surface area contributed by atoms with Crippen molar-refractivity contribution in [3.8, 4) is 0 Å². The van der Waals surface area contributed by atoms with Crippen LogP contribution in [0, 0.1) is 0 Å². The van der Waals surface area contributed by atoms with Gasteiger partial charge in [-0.2, -0.15) is 0 Å². The van der Waals surface area contributed by atoms with Gasteiger partial charge in [0, 0.05) is 19.7 Å². The summed E-state index contributed by atoms with van der Waals surface area (Å²) in [5.41, 5.74) is 0. The van der Waals surface area contributed by atoms with Gasteiger partial charge in [-0.3, -0.25) is 0 Å². The first-order chi connectivity index (χ1) is 6.81. The highest BCUT2D eigenvalue weighted by Crippen LogP contribution is 1.84. The van der Waals surface area contributed by atoms with E-state index in [1.807, 2.05) is 6.92 Å². The van der Waals surface area contributed by atoms with Crippen molar-refractivity contribution in [1.82, 2.24) is 5.32 Å². The molecule has 0 saturated carbocycles. The number of nitrogens with one attached hydrogen (secondary N) is 1. The fourth-order valence-electron chi connectivity index (χ4n) is 0.888. The minimum atomic E-state index is -0.525. The quantitative estimate of drug-likeness (QED) is 0.400. The monoisotopic (exact) mass is 207 g/mol. The summed E-state index contributed by atoms with van der Waals surface area (Å²) in [4.78, 5) is 0. The summed E-state index contributed by atoms with van der Waals surface area (Å²) >= 11 is 0. The van der Waals surface area contributed by atoms with Gasteiger partial charge >= 0.3 is 0 Å². The second kappa shape index (κ2) is 10.9. The molecule has 0 aromatic heterocycles. The van der Waals surface area contributed by atoms with Crippen LogP contribution in [0.25, 0.3) is 0 Å². The number of hydrogen-bond donors (Lipinski definition) is 3. The van der Waals surface area contributed by atoms with E-state index in [-0.39, 0.29) is 6.61 Å². The van der Waals surface area contributed by atoms with E-state index in [0.29, 0.717) is 39.5 Å². The van der Waals surface area contributed by atoms with Crippen LogP contribution < -0.4 is 5.32 Å². The molecule has 0 bridgehead atoms. The largest absolute Gasteiger partial charge is 0.395 e. The Labute approximate surface area is 85.0 Å². The lowest BCUT2D eigenvalue weighted by molar-refractivity contribution is 0.00633. The first-order valence-corrected chi connectivity index (χ1v) is 4.96. The SMILES string of the molecule is CCOCCOCC(O)CNCCO. The Morgan fingerprint density at radius 3 is 2.64 bits per heavy atom. The molecule has 0 spiro atoms. The van der Waals surface area contributed by atoms with E-state index in [1.165, 1.54) is 0 Å². The van der Waals surface area contributed by atoms with Gasteiger partial charge in [-0.05, 0) is 6.92 Å². The average molecular weight is 207 g/mol. The molecule has 1 unspecified atom stereocenters. The molecule has 0 radical (unpaired) electrons. The number of hydrogen-bond acceptors (Lipinski definition) is 5. The molecule has 1 atom stereocenters. The van der Waals surface area contributed by atoms with Gasteiger partial charge in [0.05, 0.1) is 32.5 Å². The molecule has 0 aromatic carbocycles.